The van der Waals surface area contributed by atoms with Crippen molar-refractivity contribution in [3.8, 4) is 5.75 Å². The molecule has 1 fully saturated rings. The van der Waals surface area contributed by atoms with Crippen LogP contribution >= 0.6 is 11.6 Å². The van der Waals surface area contributed by atoms with Gasteiger partial charge in [0, 0.05) is 31.7 Å². The van der Waals surface area contributed by atoms with E-state index in [1.165, 1.54) is 0 Å². The summed E-state index contributed by atoms with van der Waals surface area (Å²) in [6.07, 6.45) is 0.392. The van der Waals surface area contributed by atoms with Gasteiger partial charge in [-0.2, -0.15) is 0 Å². The highest BCUT2D eigenvalue weighted by molar-refractivity contribution is 6.32. The first-order valence-electron chi connectivity index (χ1n) is 8.03. The largest absolute Gasteiger partial charge is 0.495 e. The molecule has 0 aromatic heterocycles. The molecule has 7 heteroatoms. The molecule has 0 bridgehead atoms. The van der Waals surface area contributed by atoms with E-state index in [9.17, 15) is 9.59 Å². The third-order valence-corrected chi connectivity index (χ3v) is 4.33. The summed E-state index contributed by atoms with van der Waals surface area (Å²) >= 11 is 6.15. The lowest BCUT2D eigenvalue weighted by Gasteiger charge is -2.22. The fourth-order valence-electron chi connectivity index (χ4n) is 2.73. The van der Waals surface area contributed by atoms with E-state index in [2.05, 4.69) is 0 Å². The van der Waals surface area contributed by atoms with Crippen LogP contribution in [0.3, 0.4) is 0 Å². The topological polar surface area (TPSA) is 59.1 Å². The van der Waals surface area contributed by atoms with Crippen LogP contribution in [0.5, 0.6) is 5.75 Å². The van der Waals surface area contributed by atoms with Crippen molar-refractivity contribution in [3.63, 3.8) is 0 Å². The van der Waals surface area contributed by atoms with Crippen molar-refractivity contribution in [2.75, 3.05) is 39.9 Å². The zero-order chi connectivity index (χ0) is 17.7. The minimum atomic E-state index is -0.324. The van der Waals surface area contributed by atoms with Gasteiger partial charge in [-0.15, -0.1) is 0 Å². The van der Waals surface area contributed by atoms with Crippen molar-refractivity contribution in [1.29, 1.82) is 0 Å². The van der Waals surface area contributed by atoms with Crippen molar-refractivity contribution in [2.24, 2.45) is 0 Å². The smallest absolute Gasteiger partial charge is 0.409 e. The van der Waals surface area contributed by atoms with Crippen LogP contribution in [0.4, 0.5) is 4.79 Å². The standard InChI is InChI=1S/C17H23ClN2O4/c1-4-24-17(22)20-7-5-6-19(8-9-20)16(21)13-11-14(18)15(23-3)10-12(13)2/h10-11H,4-9H2,1-3H3. The van der Waals surface area contributed by atoms with Gasteiger partial charge in [0.25, 0.3) is 5.91 Å². The molecule has 0 spiro atoms. The van der Waals surface area contributed by atoms with Crippen LogP contribution in [0.2, 0.25) is 5.02 Å². The molecule has 0 radical (unpaired) electrons. The Hall–Kier alpha value is -1.95. The number of rotatable bonds is 3. The second kappa shape index (κ2) is 8.24. The molecule has 132 valence electrons. The molecule has 1 aliphatic rings. The SMILES string of the molecule is CCOC(=O)N1CCCN(C(=O)c2cc(Cl)c(OC)cc2C)CC1. The van der Waals surface area contributed by atoms with Gasteiger partial charge in [0.1, 0.15) is 5.75 Å². The average molecular weight is 355 g/mol. The molecule has 1 aromatic rings. The van der Waals surface area contributed by atoms with Crippen LogP contribution in [-0.2, 0) is 4.74 Å². The maximum Gasteiger partial charge on any atom is 0.409 e. The van der Waals surface area contributed by atoms with Crippen LogP contribution in [0.15, 0.2) is 12.1 Å². The van der Waals surface area contributed by atoms with Gasteiger partial charge >= 0.3 is 6.09 Å². The van der Waals surface area contributed by atoms with Crippen molar-refractivity contribution >= 4 is 23.6 Å². The zero-order valence-corrected chi connectivity index (χ0v) is 15.1. The summed E-state index contributed by atoms with van der Waals surface area (Å²) < 4.78 is 10.2. The van der Waals surface area contributed by atoms with E-state index < -0.39 is 0 Å². The Morgan fingerprint density at radius 2 is 1.83 bits per heavy atom. The number of amides is 2. The molecule has 0 unspecified atom stereocenters. The third-order valence-electron chi connectivity index (χ3n) is 4.04. The molecular weight excluding hydrogens is 332 g/mol. The number of hydrogen-bond donors (Lipinski definition) is 0. The highest BCUT2D eigenvalue weighted by Gasteiger charge is 2.24. The van der Waals surface area contributed by atoms with Crippen LogP contribution in [-0.4, -0.2) is 61.7 Å². The summed E-state index contributed by atoms with van der Waals surface area (Å²) in [5.74, 6) is 0.470. The number of hydrogen-bond acceptors (Lipinski definition) is 4. The van der Waals surface area contributed by atoms with E-state index in [0.29, 0.717) is 55.5 Å². The fraction of sp³-hybridized carbons (Fsp3) is 0.529. The third kappa shape index (κ3) is 4.12. The number of methoxy groups -OCH3 is 1. The monoisotopic (exact) mass is 354 g/mol. The van der Waals surface area contributed by atoms with E-state index in [1.54, 1.807) is 36.0 Å². The molecule has 2 amide bonds. The molecule has 0 N–H and O–H groups in total. The Labute approximate surface area is 147 Å². The van der Waals surface area contributed by atoms with Gasteiger partial charge in [0.2, 0.25) is 0 Å². The van der Waals surface area contributed by atoms with E-state index in [0.717, 1.165) is 5.56 Å². The first-order valence-corrected chi connectivity index (χ1v) is 8.40. The van der Waals surface area contributed by atoms with Gasteiger partial charge < -0.3 is 19.3 Å². The molecule has 24 heavy (non-hydrogen) atoms. The van der Waals surface area contributed by atoms with Gasteiger partial charge in [-0.25, -0.2) is 4.79 Å². The van der Waals surface area contributed by atoms with Crippen molar-refractivity contribution in [2.45, 2.75) is 20.3 Å². The zero-order valence-electron chi connectivity index (χ0n) is 14.3. The van der Waals surface area contributed by atoms with E-state index >= 15 is 0 Å². The summed E-state index contributed by atoms with van der Waals surface area (Å²) in [6.45, 7) is 6.11. The van der Waals surface area contributed by atoms with E-state index in [4.69, 9.17) is 21.1 Å². The molecule has 0 atom stereocenters. The van der Waals surface area contributed by atoms with Crippen molar-refractivity contribution in [3.05, 3.63) is 28.3 Å². The second-order valence-electron chi connectivity index (χ2n) is 5.63. The number of benzene rings is 1. The normalized spacial score (nSPS) is 15.0. The summed E-state index contributed by atoms with van der Waals surface area (Å²) in [5, 5.41) is 0.412. The van der Waals surface area contributed by atoms with Crippen molar-refractivity contribution < 1.29 is 19.1 Å². The summed E-state index contributed by atoms with van der Waals surface area (Å²) in [4.78, 5) is 28.1. The van der Waals surface area contributed by atoms with Gasteiger partial charge in [-0.05, 0) is 38.0 Å². The number of nitrogens with zero attached hydrogens (tertiary/aromatic N) is 2. The first-order chi connectivity index (χ1) is 11.5. The lowest BCUT2D eigenvalue weighted by atomic mass is 10.1. The van der Waals surface area contributed by atoms with Crippen molar-refractivity contribution in [1.82, 2.24) is 9.80 Å². The van der Waals surface area contributed by atoms with Gasteiger partial charge in [0.05, 0.1) is 18.7 Å². The van der Waals surface area contributed by atoms with Gasteiger partial charge in [0.15, 0.2) is 0 Å². The molecule has 0 aliphatic carbocycles. The van der Waals surface area contributed by atoms with Gasteiger partial charge in [-0.1, -0.05) is 11.6 Å². The summed E-state index contributed by atoms with van der Waals surface area (Å²) in [5.41, 5.74) is 1.37. The molecule has 1 aliphatic heterocycles. The predicted molar refractivity (Wildman–Crippen MR) is 91.9 cm³/mol. The van der Waals surface area contributed by atoms with Gasteiger partial charge in [-0.3, -0.25) is 4.79 Å². The Morgan fingerprint density at radius 1 is 1.17 bits per heavy atom. The predicted octanol–water partition coefficient (Wildman–Crippen LogP) is 2.96. The molecule has 1 saturated heterocycles. The maximum atomic E-state index is 12.8. The number of carbonyl (C=O) groups excluding carboxylic acids is 2. The Morgan fingerprint density at radius 3 is 2.50 bits per heavy atom. The lowest BCUT2D eigenvalue weighted by Crippen LogP contribution is -2.37. The first kappa shape index (κ1) is 18.4. The minimum absolute atomic E-state index is 0.0808. The molecular formula is C17H23ClN2O4. The molecule has 6 nitrogen and oxygen atoms in total. The molecule has 1 heterocycles. The highest BCUT2D eigenvalue weighted by atomic mass is 35.5. The fourth-order valence-corrected chi connectivity index (χ4v) is 2.97. The Balaban J connectivity index is 2.11. The minimum Gasteiger partial charge on any atom is -0.495 e. The lowest BCUT2D eigenvalue weighted by molar-refractivity contribution is 0.0753. The number of aryl methyl sites for hydroxylation is 1. The summed E-state index contributed by atoms with van der Waals surface area (Å²) in [7, 11) is 1.54. The quantitative estimate of drug-likeness (QED) is 0.837. The molecule has 0 saturated carbocycles. The number of ether oxygens (including phenoxy) is 2. The van der Waals surface area contributed by atoms with Crippen LogP contribution < -0.4 is 4.74 Å². The average Bonchev–Trinajstić information content (AvgIpc) is 2.82. The molecule has 1 aromatic carbocycles. The summed E-state index contributed by atoms with van der Waals surface area (Å²) in [6, 6.07) is 3.41. The second-order valence-corrected chi connectivity index (χ2v) is 6.04. The highest BCUT2D eigenvalue weighted by Crippen LogP contribution is 2.28. The van der Waals surface area contributed by atoms with E-state index in [1.807, 2.05) is 6.92 Å². The molecule has 2 rings (SSSR count). The van der Waals surface area contributed by atoms with E-state index in [-0.39, 0.29) is 12.0 Å². The maximum absolute atomic E-state index is 12.8. The van der Waals surface area contributed by atoms with Crippen LogP contribution in [0.25, 0.3) is 0 Å². The Kier molecular flexibility index (Phi) is 6.31. The number of carbonyl (C=O) groups is 2. The number of halogens is 1. The van der Waals surface area contributed by atoms with Crippen LogP contribution in [0.1, 0.15) is 29.3 Å². The van der Waals surface area contributed by atoms with Crippen LogP contribution in [0, 0.1) is 6.92 Å². The Bertz CT molecular complexity index is 621.